The predicted octanol–water partition coefficient (Wildman–Crippen LogP) is 3.73. The van der Waals surface area contributed by atoms with Crippen LogP contribution in [0.2, 0.25) is 5.02 Å². The molecule has 4 heteroatoms. The van der Waals surface area contributed by atoms with Crippen LogP contribution in [0.15, 0.2) is 30.5 Å². The summed E-state index contributed by atoms with van der Waals surface area (Å²) in [6.07, 6.45) is 1.59. The summed E-state index contributed by atoms with van der Waals surface area (Å²) in [5.74, 6) is 1.22. The number of anilines is 1. The molecule has 0 atom stereocenters. The van der Waals surface area contributed by atoms with Crippen LogP contribution in [0.5, 0.6) is 11.6 Å². The van der Waals surface area contributed by atoms with Gasteiger partial charge in [0.1, 0.15) is 5.75 Å². The van der Waals surface area contributed by atoms with Crippen molar-refractivity contribution >= 4 is 17.3 Å². The van der Waals surface area contributed by atoms with Gasteiger partial charge in [0.05, 0.1) is 11.9 Å². The number of hydrogen-bond acceptors (Lipinski definition) is 3. The van der Waals surface area contributed by atoms with Gasteiger partial charge >= 0.3 is 0 Å². The molecular formula is C13H13ClN2O. The molecule has 0 aliphatic heterocycles. The predicted molar refractivity (Wildman–Crippen MR) is 69.6 cm³/mol. The molecule has 0 radical (unpaired) electrons. The lowest BCUT2D eigenvalue weighted by molar-refractivity contribution is 0.459. The minimum absolute atomic E-state index is 0.516. The second-order valence-electron chi connectivity index (χ2n) is 3.89. The third kappa shape index (κ3) is 2.68. The highest BCUT2D eigenvalue weighted by Crippen LogP contribution is 2.27. The van der Waals surface area contributed by atoms with E-state index in [0.29, 0.717) is 22.3 Å². The number of hydrogen-bond donors (Lipinski definition) is 1. The first kappa shape index (κ1) is 11.7. The number of pyridine rings is 1. The number of nitrogen functional groups attached to an aromatic ring is 1. The van der Waals surface area contributed by atoms with E-state index in [1.54, 1.807) is 18.3 Å². The molecule has 2 rings (SSSR count). The minimum atomic E-state index is 0.516. The van der Waals surface area contributed by atoms with Crippen molar-refractivity contribution in [3.05, 3.63) is 46.6 Å². The van der Waals surface area contributed by atoms with Crippen LogP contribution in [0.3, 0.4) is 0 Å². The van der Waals surface area contributed by atoms with Gasteiger partial charge in [-0.1, -0.05) is 17.7 Å². The highest BCUT2D eigenvalue weighted by molar-refractivity contribution is 6.30. The fourth-order valence-electron chi connectivity index (χ4n) is 1.39. The summed E-state index contributed by atoms with van der Waals surface area (Å²) in [7, 11) is 0. The van der Waals surface area contributed by atoms with Crippen LogP contribution in [0.4, 0.5) is 5.69 Å². The average Bonchev–Trinajstić information content (AvgIpc) is 2.29. The summed E-state index contributed by atoms with van der Waals surface area (Å²) < 4.78 is 5.67. The van der Waals surface area contributed by atoms with Crippen molar-refractivity contribution in [3.8, 4) is 11.6 Å². The summed E-state index contributed by atoms with van der Waals surface area (Å²) in [5.41, 5.74) is 8.29. The Hall–Kier alpha value is -1.74. The summed E-state index contributed by atoms with van der Waals surface area (Å²) >= 11 is 5.92. The summed E-state index contributed by atoms with van der Waals surface area (Å²) in [4.78, 5) is 4.11. The molecule has 1 heterocycles. The normalized spacial score (nSPS) is 10.3. The Labute approximate surface area is 105 Å². The molecule has 0 unspecified atom stereocenters. The molecule has 0 spiro atoms. The standard InChI is InChI=1S/C13H13ClN2O/c1-8-3-4-10(14)6-12(8)17-13-5-9(2)11(15)7-16-13/h3-7H,15H2,1-2H3. The zero-order valence-corrected chi connectivity index (χ0v) is 10.5. The van der Waals surface area contributed by atoms with Crippen LogP contribution in [-0.4, -0.2) is 4.98 Å². The van der Waals surface area contributed by atoms with Crippen LogP contribution in [0, 0.1) is 13.8 Å². The van der Waals surface area contributed by atoms with Gasteiger partial charge in [0.25, 0.3) is 0 Å². The largest absolute Gasteiger partial charge is 0.439 e. The van der Waals surface area contributed by atoms with E-state index in [2.05, 4.69) is 4.98 Å². The molecule has 0 amide bonds. The van der Waals surface area contributed by atoms with Gasteiger partial charge in [0.2, 0.25) is 5.88 Å². The highest BCUT2D eigenvalue weighted by atomic mass is 35.5. The third-order valence-corrected chi connectivity index (χ3v) is 2.73. The third-order valence-electron chi connectivity index (χ3n) is 2.49. The molecule has 0 saturated carbocycles. The Morgan fingerprint density at radius 3 is 2.65 bits per heavy atom. The van der Waals surface area contributed by atoms with Gasteiger partial charge in [0.15, 0.2) is 0 Å². The molecular weight excluding hydrogens is 236 g/mol. The molecule has 88 valence electrons. The number of rotatable bonds is 2. The van der Waals surface area contributed by atoms with Gasteiger partial charge in [-0.15, -0.1) is 0 Å². The SMILES string of the molecule is Cc1cc(Oc2cc(Cl)ccc2C)ncc1N. The molecule has 1 aromatic heterocycles. The number of aromatic nitrogens is 1. The van der Waals surface area contributed by atoms with Gasteiger partial charge in [-0.3, -0.25) is 0 Å². The first-order valence-electron chi connectivity index (χ1n) is 5.22. The minimum Gasteiger partial charge on any atom is -0.439 e. The van der Waals surface area contributed by atoms with E-state index < -0.39 is 0 Å². The maximum absolute atomic E-state index is 5.92. The van der Waals surface area contributed by atoms with Crippen LogP contribution in [-0.2, 0) is 0 Å². The van der Waals surface area contributed by atoms with E-state index in [1.807, 2.05) is 26.0 Å². The Kier molecular flexibility index (Phi) is 3.20. The maximum atomic E-state index is 5.92. The lowest BCUT2D eigenvalue weighted by atomic mass is 10.2. The Morgan fingerprint density at radius 2 is 1.94 bits per heavy atom. The fourth-order valence-corrected chi connectivity index (χ4v) is 1.56. The van der Waals surface area contributed by atoms with Crippen molar-refractivity contribution in [3.63, 3.8) is 0 Å². The molecule has 2 aromatic rings. The van der Waals surface area contributed by atoms with E-state index in [1.165, 1.54) is 0 Å². The number of nitrogens with two attached hydrogens (primary N) is 1. The van der Waals surface area contributed by atoms with E-state index >= 15 is 0 Å². The number of halogens is 1. The topological polar surface area (TPSA) is 48.1 Å². The van der Waals surface area contributed by atoms with E-state index in [-0.39, 0.29) is 0 Å². The molecule has 0 saturated heterocycles. The van der Waals surface area contributed by atoms with E-state index in [0.717, 1.165) is 11.1 Å². The van der Waals surface area contributed by atoms with Gasteiger partial charge in [-0.05, 0) is 37.1 Å². The van der Waals surface area contributed by atoms with Crippen molar-refractivity contribution in [2.24, 2.45) is 0 Å². The molecule has 3 nitrogen and oxygen atoms in total. The number of ether oxygens (including phenoxy) is 1. The van der Waals surface area contributed by atoms with Crippen molar-refractivity contribution in [1.82, 2.24) is 4.98 Å². The zero-order chi connectivity index (χ0) is 12.4. The van der Waals surface area contributed by atoms with E-state index in [4.69, 9.17) is 22.1 Å². The number of aryl methyl sites for hydroxylation is 2. The Bertz CT molecular complexity index is 555. The summed E-state index contributed by atoms with van der Waals surface area (Å²) in [5, 5.41) is 0.637. The van der Waals surface area contributed by atoms with Gasteiger partial charge in [-0.2, -0.15) is 0 Å². The monoisotopic (exact) mass is 248 g/mol. The average molecular weight is 249 g/mol. The second kappa shape index (κ2) is 4.63. The zero-order valence-electron chi connectivity index (χ0n) is 9.70. The molecule has 17 heavy (non-hydrogen) atoms. The summed E-state index contributed by atoms with van der Waals surface area (Å²) in [6.45, 7) is 3.87. The van der Waals surface area contributed by atoms with Gasteiger partial charge < -0.3 is 10.5 Å². The van der Waals surface area contributed by atoms with Crippen molar-refractivity contribution in [1.29, 1.82) is 0 Å². The lowest BCUT2D eigenvalue weighted by Crippen LogP contribution is -1.94. The van der Waals surface area contributed by atoms with Crippen molar-refractivity contribution in [2.75, 3.05) is 5.73 Å². The van der Waals surface area contributed by atoms with Crippen molar-refractivity contribution < 1.29 is 4.74 Å². The van der Waals surface area contributed by atoms with E-state index in [9.17, 15) is 0 Å². The quantitative estimate of drug-likeness (QED) is 0.881. The fraction of sp³-hybridized carbons (Fsp3) is 0.154. The molecule has 0 aliphatic carbocycles. The van der Waals surface area contributed by atoms with Gasteiger partial charge in [0, 0.05) is 11.1 Å². The lowest BCUT2D eigenvalue weighted by Gasteiger charge is -2.09. The Morgan fingerprint density at radius 1 is 1.18 bits per heavy atom. The van der Waals surface area contributed by atoms with Crippen LogP contribution in [0.1, 0.15) is 11.1 Å². The van der Waals surface area contributed by atoms with Crippen molar-refractivity contribution in [2.45, 2.75) is 13.8 Å². The van der Waals surface area contributed by atoms with Crippen LogP contribution < -0.4 is 10.5 Å². The number of benzene rings is 1. The molecule has 0 fully saturated rings. The molecule has 0 aliphatic rings. The maximum Gasteiger partial charge on any atom is 0.219 e. The smallest absolute Gasteiger partial charge is 0.219 e. The molecule has 2 N–H and O–H groups in total. The number of nitrogens with zero attached hydrogens (tertiary/aromatic N) is 1. The van der Waals surface area contributed by atoms with Gasteiger partial charge in [-0.25, -0.2) is 4.98 Å². The summed E-state index contributed by atoms with van der Waals surface area (Å²) in [6, 6.07) is 7.30. The first-order chi connectivity index (χ1) is 8.06. The molecule has 0 bridgehead atoms. The second-order valence-corrected chi connectivity index (χ2v) is 4.33. The molecule has 1 aromatic carbocycles. The Balaban J connectivity index is 2.31. The highest BCUT2D eigenvalue weighted by Gasteiger charge is 2.04. The first-order valence-corrected chi connectivity index (χ1v) is 5.60. The van der Waals surface area contributed by atoms with Crippen LogP contribution >= 0.6 is 11.6 Å². The van der Waals surface area contributed by atoms with Crippen LogP contribution in [0.25, 0.3) is 0 Å².